The average molecular weight is 416 g/mol. The fraction of sp³-hybridized carbons (Fsp3) is 0. The van der Waals surface area contributed by atoms with Gasteiger partial charge in [0.1, 0.15) is 0 Å². The normalized spacial score (nSPS) is 11.1. The minimum absolute atomic E-state index is 0.0853. The molecular formula is C19H14BrNO3S. The molecule has 0 spiro atoms. The fourth-order valence-electron chi connectivity index (χ4n) is 2.28. The average Bonchev–Trinajstić information content (AvgIpc) is 2.64. The SMILES string of the molecule is O=C(Nc1ccc(Br)cc1)c1cccc(S(=O)(=O)c2ccccc2)c1. The molecule has 1 amide bonds. The van der Waals surface area contributed by atoms with Crippen molar-refractivity contribution >= 4 is 37.4 Å². The zero-order valence-electron chi connectivity index (χ0n) is 13.0. The van der Waals surface area contributed by atoms with Crippen LogP contribution in [0, 0.1) is 0 Å². The van der Waals surface area contributed by atoms with Crippen LogP contribution in [0.1, 0.15) is 10.4 Å². The molecule has 0 heterocycles. The van der Waals surface area contributed by atoms with Gasteiger partial charge in [0.25, 0.3) is 5.91 Å². The molecule has 3 aromatic rings. The van der Waals surface area contributed by atoms with E-state index in [4.69, 9.17) is 0 Å². The Morgan fingerprint density at radius 2 is 1.44 bits per heavy atom. The Kier molecular flexibility index (Phi) is 5.01. The summed E-state index contributed by atoms with van der Waals surface area (Å²) < 4.78 is 26.2. The van der Waals surface area contributed by atoms with Crippen molar-refractivity contribution in [1.29, 1.82) is 0 Å². The molecule has 0 aliphatic heterocycles. The molecule has 0 aliphatic rings. The molecule has 4 nitrogen and oxygen atoms in total. The zero-order chi connectivity index (χ0) is 17.9. The lowest BCUT2D eigenvalue weighted by Crippen LogP contribution is -2.13. The summed E-state index contributed by atoms with van der Waals surface area (Å²) in [4.78, 5) is 12.7. The standard InChI is InChI=1S/C19H14BrNO3S/c20-15-9-11-16(12-10-15)21-19(22)14-5-4-8-18(13-14)25(23,24)17-6-2-1-3-7-17/h1-13H,(H,21,22). The van der Waals surface area contributed by atoms with Crippen LogP contribution in [0.3, 0.4) is 0 Å². The number of rotatable bonds is 4. The van der Waals surface area contributed by atoms with E-state index in [2.05, 4.69) is 21.2 Å². The smallest absolute Gasteiger partial charge is 0.255 e. The highest BCUT2D eigenvalue weighted by Gasteiger charge is 2.18. The Hall–Kier alpha value is -2.44. The third-order valence-electron chi connectivity index (χ3n) is 3.56. The van der Waals surface area contributed by atoms with Crippen LogP contribution in [-0.4, -0.2) is 14.3 Å². The van der Waals surface area contributed by atoms with Crippen LogP contribution in [0.15, 0.2) is 93.1 Å². The van der Waals surface area contributed by atoms with Crippen LogP contribution >= 0.6 is 15.9 Å². The lowest BCUT2D eigenvalue weighted by Gasteiger charge is -2.08. The molecule has 3 rings (SSSR count). The number of nitrogens with one attached hydrogen (secondary N) is 1. The highest BCUT2D eigenvalue weighted by molar-refractivity contribution is 9.10. The van der Waals surface area contributed by atoms with Gasteiger partial charge in [-0.3, -0.25) is 4.79 Å². The lowest BCUT2D eigenvalue weighted by molar-refractivity contribution is 0.102. The molecular weight excluding hydrogens is 402 g/mol. The van der Waals surface area contributed by atoms with Crippen LogP contribution in [0.4, 0.5) is 5.69 Å². The van der Waals surface area contributed by atoms with E-state index < -0.39 is 9.84 Å². The van der Waals surface area contributed by atoms with Crippen molar-refractivity contribution in [2.45, 2.75) is 9.79 Å². The van der Waals surface area contributed by atoms with Crippen molar-refractivity contribution < 1.29 is 13.2 Å². The van der Waals surface area contributed by atoms with Gasteiger partial charge >= 0.3 is 0 Å². The number of anilines is 1. The second-order valence-electron chi connectivity index (χ2n) is 5.31. The quantitative estimate of drug-likeness (QED) is 0.680. The predicted octanol–water partition coefficient (Wildman–Crippen LogP) is 4.53. The maximum Gasteiger partial charge on any atom is 0.255 e. The van der Waals surface area contributed by atoms with Gasteiger partial charge in [-0.2, -0.15) is 0 Å². The Morgan fingerprint density at radius 1 is 0.800 bits per heavy atom. The highest BCUT2D eigenvalue weighted by Crippen LogP contribution is 2.22. The molecule has 3 aromatic carbocycles. The molecule has 25 heavy (non-hydrogen) atoms. The number of sulfone groups is 1. The van der Waals surface area contributed by atoms with Crippen molar-refractivity contribution in [3.8, 4) is 0 Å². The third-order valence-corrected chi connectivity index (χ3v) is 5.86. The summed E-state index contributed by atoms with van der Waals surface area (Å²) >= 11 is 3.33. The molecule has 0 saturated carbocycles. The first kappa shape index (κ1) is 17.4. The van der Waals surface area contributed by atoms with Gasteiger partial charge in [0.15, 0.2) is 0 Å². The van der Waals surface area contributed by atoms with Gasteiger partial charge in [0.2, 0.25) is 9.84 Å². The van der Waals surface area contributed by atoms with Crippen LogP contribution in [0.2, 0.25) is 0 Å². The monoisotopic (exact) mass is 415 g/mol. The summed E-state index contributed by atoms with van der Waals surface area (Å²) in [7, 11) is -3.66. The van der Waals surface area contributed by atoms with Crippen LogP contribution < -0.4 is 5.32 Å². The largest absolute Gasteiger partial charge is 0.322 e. The Bertz CT molecular complexity index is 1000. The number of amides is 1. The van der Waals surface area contributed by atoms with E-state index in [1.807, 2.05) is 12.1 Å². The summed E-state index contributed by atoms with van der Waals surface area (Å²) in [5.41, 5.74) is 0.907. The highest BCUT2D eigenvalue weighted by atomic mass is 79.9. The number of hydrogen-bond donors (Lipinski definition) is 1. The van der Waals surface area contributed by atoms with E-state index in [1.165, 1.54) is 24.3 Å². The molecule has 0 fully saturated rings. The van der Waals surface area contributed by atoms with Gasteiger partial charge in [-0.15, -0.1) is 0 Å². The van der Waals surface area contributed by atoms with Gasteiger partial charge in [0, 0.05) is 15.7 Å². The second-order valence-corrected chi connectivity index (χ2v) is 8.17. The molecule has 126 valence electrons. The van der Waals surface area contributed by atoms with E-state index >= 15 is 0 Å². The lowest BCUT2D eigenvalue weighted by atomic mass is 10.2. The molecule has 0 unspecified atom stereocenters. The summed E-state index contributed by atoms with van der Waals surface area (Å²) in [6.45, 7) is 0. The number of halogens is 1. The van der Waals surface area contributed by atoms with Gasteiger partial charge in [0.05, 0.1) is 9.79 Å². The van der Waals surface area contributed by atoms with E-state index in [1.54, 1.807) is 42.5 Å². The Morgan fingerprint density at radius 3 is 2.12 bits per heavy atom. The summed E-state index contributed by atoms with van der Waals surface area (Å²) in [5, 5.41) is 2.75. The summed E-state index contributed by atoms with van der Waals surface area (Å²) in [6.07, 6.45) is 0. The molecule has 0 atom stereocenters. The molecule has 0 aromatic heterocycles. The van der Waals surface area contributed by atoms with Gasteiger partial charge in [-0.25, -0.2) is 8.42 Å². The topological polar surface area (TPSA) is 63.2 Å². The van der Waals surface area contributed by atoms with Crippen molar-refractivity contribution in [2.24, 2.45) is 0 Å². The fourth-order valence-corrected chi connectivity index (χ4v) is 3.87. The number of carbonyl (C=O) groups is 1. The maximum atomic E-state index is 12.7. The van der Waals surface area contributed by atoms with E-state index in [-0.39, 0.29) is 21.3 Å². The van der Waals surface area contributed by atoms with Crippen molar-refractivity contribution in [3.63, 3.8) is 0 Å². The molecule has 6 heteroatoms. The second kappa shape index (κ2) is 7.21. The van der Waals surface area contributed by atoms with E-state index in [0.717, 1.165) is 4.47 Å². The first-order valence-electron chi connectivity index (χ1n) is 7.44. The number of carbonyl (C=O) groups excluding carboxylic acids is 1. The van der Waals surface area contributed by atoms with E-state index in [0.29, 0.717) is 5.69 Å². The molecule has 0 radical (unpaired) electrons. The van der Waals surface area contributed by atoms with Crippen LogP contribution in [0.25, 0.3) is 0 Å². The predicted molar refractivity (Wildman–Crippen MR) is 100 cm³/mol. The number of benzene rings is 3. The summed E-state index contributed by atoms with van der Waals surface area (Å²) in [6, 6.07) is 21.3. The van der Waals surface area contributed by atoms with Crippen molar-refractivity contribution in [1.82, 2.24) is 0 Å². The van der Waals surface area contributed by atoms with Crippen molar-refractivity contribution in [2.75, 3.05) is 5.32 Å². The minimum atomic E-state index is -3.66. The molecule has 0 aliphatic carbocycles. The van der Waals surface area contributed by atoms with Gasteiger partial charge in [-0.1, -0.05) is 40.2 Å². The third kappa shape index (κ3) is 3.97. The van der Waals surface area contributed by atoms with Gasteiger partial charge in [-0.05, 0) is 54.6 Å². The van der Waals surface area contributed by atoms with E-state index in [9.17, 15) is 13.2 Å². The maximum absolute atomic E-state index is 12.7. The zero-order valence-corrected chi connectivity index (χ0v) is 15.4. The first-order valence-corrected chi connectivity index (χ1v) is 9.71. The first-order chi connectivity index (χ1) is 12.0. The number of hydrogen-bond acceptors (Lipinski definition) is 3. The Labute approximate surface area is 154 Å². The Balaban J connectivity index is 1.89. The molecule has 0 bridgehead atoms. The molecule has 1 N–H and O–H groups in total. The van der Waals surface area contributed by atoms with Crippen LogP contribution in [0.5, 0.6) is 0 Å². The van der Waals surface area contributed by atoms with Gasteiger partial charge < -0.3 is 5.32 Å². The van der Waals surface area contributed by atoms with Crippen molar-refractivity contribution in [3.05, 3.63) is 88.9 Å². The summed E-state index contributed by atoms with van der Waals surface area (Å²) in [5.74, 6) is -0.368. The van der Waals surface area contributed by atoms with Crippen LogP contribution in [-0.2, 0) is 9.84 Å². The molecule has 0 saturated heterocycles. The minimum Gasteiger partial charge on any atom is -0.322 e.